The lowest BCUT2D eigenvalue weighted by molar-refractivity contribution is -0.112. The third-order valence-corrected chi connectivity index (χ3v) is 4.87. The molecule has 0 unspecified atom stereocenters. The summed E-state index contributed by atoms with van der Waals surface area (Å²) in [6, 6.07) is 19.6. The number of nitrogens with zero attached hydrogens (tertiary/aromatic N) is 1. The number of amides is 1. The summed E-state index contributed by atoms with van der Waals surface area (Å²) >= 11 is 11.9. The van der Waals surface area contributed by atoms with Crippen LogP contribution < -0.4 is 14.8 Å². The lowest BCUT2D eigenvalue weighted by Gasteiger charge is -2.08. The molecule has 0 aliphatic rings. The van der Waals surface area contributed by atoms with Gasteiger partial charge in [0.05, 0.1) is 17.2 Å². The van der Waals surface area contributed by atoms with Crippen LogP contribution in [-0.2, 0) is 4.79 Å². The highest BCUT2D eigenvalue weighted by Gasteiger charge is 2.14. The Labute approximate surface area is 201 Å². The average molecular weight is 481 g/mol. The molecule has 3 aromatic rings. The molecular weight excluding hydrogens is 463 g/mol. The van der Waals surface area contributed by atoms with E-state index in [1.54, 1.807) is 54.6 Å². The predicted molar refractivity (Wildman–Crippen MR) is 128 cm³/mol. The maximum absolute atomic E-state index is 12.5. The van der Waals surface area contributed by atoms with E-state index in [1.807, 2.05) is 13.0 Å². The van der Waals surface area contributed by atoms with E-state index in [4.69, 9.17) is 32.7 Å². The van der Waals surface area contributed by atoms with E-state index >= 15 is 0 Å². The number of hydrogen-bond acceptors (Lipinski definition) is 5. The molecule has 1 N–H and O–H groups in total. The Morgan fingerprint density at radius 2 is 1.79 bits per heavy atom. The van der Waals surface area contributed by atoms with Gasteiger partial charge in [0.1, 0.15) is 23.1 Å². The van der Waals surface area contributed by atoms with Crippen LogP contribution in [0.1, 0.15) is 22.8 Å². The number of nitriles is 1. The van der Waals surface area contributed by atoms with Gasteiger partial charge in [-0.1, -0.05) is 41.4 Å². The highest BCUT2D eigenvalue weighted by atomic mass is 35.5. The zero-order chi connectivity index (χ0) is 23.8. The maximum atomic E-state index is 12.5. The summed E-state index contributed by atoms with van der Waals surface area (Å²) in [6.07, 6.45) is 1.43. The first-order chi connectivity index (χ1) is 15.9. The molecule has 0 saturated heterocycles. The number of esters is 1. The van der Waals surface area contributed by atoms with Gasteiger partial charge in [0.2, 0.25) is 0 Å². The van der Waals surface area contributed by atoms with Crippen molar-refractivity contribution in [2.45, 2.75) is 6.92 Å². The van der Waals surface area contributed by atoms with Gasteiger partial charge in [-0.25, -0.2) is 4.79 Å². The third kappa shape index (κ3) is 6.59. The molecule has 3 rings (SSSR count). The fourth-order valence-corrected chi connectivity index (χ4v) is 3.28. The molecule has 0 heterocycles. The number of ether oxygens (including phenoxy) is 2. The van der Waals surface area contributed by atoms with Crippen molar-refractivity contribution in [2.24, 2.45) is 0 Å². The molecule has 0 atom stereocenters. The van der Waals surface area contributed by atoms with Gasteiger partial charge >= 0.3 is 5.97 Å². The van der Waals surface area contributed by atoms with Crippen LogP contribution in [0.5, 0.6) is 11.5 Å². The molecular formula is C25H18Cl2N2O4. The van der Waals surface area contributed by atoms with Gasteiger partial charge in [-0.15, -0.1) is 0 Å². The summed E-state index contributed by atoms with van der Waals surface area (Å²) in [4.78, 5) is 24.8. The molecule has 3 aromatic carbocycles. The van der Waals surface area contributed by atoms with Gasteiger partial charge in [-0.2, -0.15) is 5.26 Å². The minimum absolute atomic E-state index is 0.0884. The lowest BCUT2D eigenvalue weighted by atomic mass is 10.1. The molecule has 0 saturated carbocycles. The number of anilines is 1. The fraction of sp³-hybridized carbons (Fsp3) is 0.0800. The van der Waals surface area contributed by atoms with Crippen LogP contribution >= 0.6 is 23.2 Å². The predicted octanol–water partition coefficient (Wildman–Crippen LogP) is 6.16. The van der Waals surface area contributed by atoms with Crippen molar-refractivity contribution >= 4 is 46.8 Å². The van der Waals surface area contributed by atoms with Crippen LogP contribution in [0.25, 0.3) is 6.08 Å². The molecule has 33 heavy (non-hydrogen) atoms. The molecule has 1 amide bonds. The number of halogens is 2. The number of carbonyl (C=O) groups is 2. The van der Waals surface area contributed by atoms with Gasteiger partial charge in [-0.3, -0.25) is 4.79 Å². The van der Waals surface area contributed by atoms with Crippen molar-refractivity contribution in [3.63, 3.8) is 0 Å². The molecule has 166 valence electrons. The molecule has 8 heteroatoms. The molecule has 0 aliphatic heterocycles. The SMILES string of the molecule is CCOc1cccc(NC(=O)/C(C#N)=C/c2ccc(OC(=O)c3ccc(Cl)cc3Cl)cc2)c1. The fourth-order valence-electron chi connectivity index (χ4n) is 2.79. The van der Waals surface area contributed by atoms with Crippen molar-refractivity contribution in [3.05, 3.63) is 93.5 Å². The highest BCUT2D eigenvalue weighted by Crippen LogP contribution is 2.23. The van der Waals surface area contributed by atoms with Crippen LogP contribution in [0.3, 0.4) is 0 Å². The van der Waals surface area contributed by atoms with E-state index in [1.165, 1.54) is 18.2 Å². The summed E-state index contributed by atoms with van der Waals surface area (Å²) in [5.74, 6) is -0.299. The minimum Gasteiger partial charge on any atom is -0.494 e. The number of nitrogens with one attached hydrogen (secondary N) is 1. The van der Waals surface area contributed by atoms with E-state index in [2.05, 4.69) is 5.32 Å². The second kappa shape index (κ2) is 11.2. The Hall–Kier alpha value is -3.79. The molecule has 0 fully saturated rings. The largest absolute Gasteiger partial charge is 0.494 e. The molecule has 0 aliphatic carbocycles. The highest BCUT2D eigenvalue weighted by molar-refractivity contribution is 6.36. The van der Waals surface area contributed by atoms with Gasteiger partial charge in [0, 0.05) is 16.8 Å². The molecule has 6 nitrogen and oxygen atoms in total. The zero-order valence-electron chi connectivity index (χ0n) is 17.5. The summed E-state index contributed by atoms with van der Waals surface area (Å²) < 4.78 is 10.7. The lowest BCUT2D eigenvalue weighted by Crippen LogP contribution is -2.13. The van der Waals surface area contributed by atoms with E-state index in [0.29, 0.717) is 28.6 Å². The van der Waals surface area contributed by atoms with Crippen LogP contribution in [0.4, 0.5) is 5.69 Å². The summed E-state index contributed by atoms with van der Waals surface area (Å²) in [5, 5.41) is 12.7. The Balaban J connectivity index is 1.69. The average Bonchev–Trinajstić information content (AvgIpc) is 2.79. The number of hydrogen-bond donors (Lipinski definition) is 1. The van der Waals surface area contributed by atoms with E-state index in [-0.39, 0.29) is 21.9 Å². The molecule has 0 radical (unpaired) electrons. The Bertz CT molecular complexity index is 1250. The van der Waals surface area contributed by atoms with Crippen LogP contribution in [-0.4, -0.2) is 18.5 Å². The zero-order valence-corrected chi connectivity index (χ0v) is 19.0. The second-order valence-electron chi connectivity index (χ2n) is 6.67. The first-order valence-electron chi connectivity index (χ1n) is 9.83. The normalized spacial score (nSPS) is 10.8. The maximum Gasteiger partial charge on any atom is 0.345 e. The Morgan fingerprint density at radius 1 is 1.03 bits per heavy atom. The van der Waals surface area contributed by atoms with E-state index in [0.717, 1.165) is 0 Å². The van der Waals surface area contributed by atoms with Crippen LogP contribution in [0, 0.1) is 11.3 Å². The monoisotopic (exact) mass is 480 g/mol. The topological polar surface area (TPSA) is 88.4 Å². The number of rotatable bonds is 7. The second-order valence-corrected chi connectivity index (χ2v) is 7.51. The smallest absolute Gasteiger partial charge is 0.345 e. The minimum atomic E-state index is -0.633. The van der Waals surface area contributed by atoms with Gasteiger partial charge in [0.15, 0.2) is 0 Å². The van der Waals surface area contributed by atoms with E-state index in [9.17, 15) is 14.9 Å². The van der Waals surface area contributed by atoms with Crippen molar-refractivity contribution in [3.8, 4) is 17.6 Å². The van der Waals surface area contributed by atoms with Gasteiger partial charge < -0.3 is 14.8 Å². The quantitative estimate of drug-likeness (QED) is 0.189. The van der Waals surface area contributed by atoms with Crippen molar-refractivity contribution in [2.75, 3.05) is 11.9 Å². The van der Waals surface area contributed by atoms with Gasteiger partial charge in [-0.05, 0) is 61.0 Å². The summed E-state index contributed by atoms with van der Waals surface area (Å²) in [6.45, 7) is 2.36. The standard InChI is InChI=1S/C25H18Cl2N2O4/c1-2-32-21-5-3-4-19(14-21)29-24(30)17(15-28)12-16-6-9-20(10-7-16)33-25(31)22-11-8-18(26)13-23(22)27/h3-14H,2H2,1H3,(H,29,30)/b17-12+. The van der Waals surface area contributed by atoms with Crippen LogP contribution in [0.15, 0.2) is 72.3 Å². The van der Waals surface area contributed by atoms with Gasteiger partial charge in [0.25, 0.3) is 5.91 Å². The first-order valence-corrected chi connectivity index (χ1v) is 10.6. The van der Waals surface area contributed by atoms with Crippen molar-refractivity contribution in [1.29, 1.82) is 5.26 Å². The third-order valence-electron chi connectivity index (χ3n) is 4.32. The Morgan fingerprint density at radius 3 is 2.45 bits per heavy atom. The number of benzene rings is 3. The summed E-state index contributed by atoms with van der Waals surface area (Å²) in [7, 11) is 0. The molecule has 0 bridgehead atoms. The van der Waals surface area contributed by atoms with E-state index < -0.39 is 11.9 Å². The van der Waals surface area contributed by atoms with Crippen molar-refractivity contribution in [1.82, 2.24) is 0 Å². The Kier molecular flexibility index (Phi) is 8.09. The number of carbonyl (C=O) groups excluding carboxylic acids is 2. The first kappa shape index (κ1) is 23.9. The van der Waals surface area contributed by atoms with Crippen LogP contribution in [0.2, 0.25) is 10.0 Å². The molecule has 0 spiro atoms. The molecule has 0 aromatic heterocycles. The van der Waals surface area contributed by atoms with Crippen molar-refractivity contribution < 1.29 is 19.1 Å². The summed E-state index contributed by atoms with van der Waals surface area (Å²) in [5.41, 5.74) is 1.18.